The zero-order valence-electron chi connectivity index (χ0n) is 10.1. The smallest absolute Gasteiger partial charge is 0.385 e. The molecule has 1 aromatic rings. The summed E-state index contributed by atoms with van der Waals surface area (Å²) in [6.07, 6.45) is -4.23. The summed E-state index contributed by atoms with van der Waals surface area (Å²) < 4.78 is 34.3. The lowest BCUT2D eigenvalue weighted by molar-refractivity contribution is -0.0356. The Hall–Kier alpha value is -1.45. The lowest BCUT2D eigenvalue weighted by Gasteiger charge is -2.16. The standard InChI is InChI=1S/C9H10FN2O7P/c1-3-6(19-20(16)17)5(13)8(18-3)12-2-4(10)7(14)11-9(12)15/h2-3,5-6,8,13H,1H3,(H-,11,14,15,16,17)/p+1/t3-,5-,6-,8-/m1/s1. The van der Waals surface area contributed by atoms with Crippen molar-refractivity contribution in [1.82, 2.24) is 9.55 Å². The number of aliphatic hydroxyl groups excluding tert-OH is 1. The van der Waals surface area contributed by atoms with Gasteiger partial charge in [-0.15, -0.1) is 9.42 Å². The van der Waals surface area contributed by atoms with E-state index in [2.05, 4.69) is 4.52 Å². The summed E-state index contributed by atoms with van der Waals surface area (Å²) in [5, 5.41) is 9.94. The molecular formula is C9H11FN2O7P+. The van der Waals surface area contributed by atoms with Gasteiger partial charge < -0.3 is 9.84 Å². The normalized spacial score (nSPS) is 30.5. The van der Waals surface area contributed by atoms with Gasteiger partial charge in [-0.25, -0.2) is 4.79 Å². The van der Waals surface area contributed by atoms with E-state index in [1.165, 1.54) is 6.92 Å². The lowest BCUT2D eigenvalue weighted by atomic mass is 10.1. The first kappa shape index (κ1) is 14.9. The molecule has 0 aromatic carbocycles. The molecule has 1 aliphatic heterocycles. The molecule has 20 heavy (non-hydrogen) atoms. The molecule has 5 atom stereocenters. The molecule has 1 aliphatic rings. The molecule has 0 amide bonds. The maximum absolute atomic E-state index is 13.2. The van der Waals surface area contributed by atoms with E-state index < -0.39 is 49.9 Å². The average molecular weight is 309 g/mol. The van der Waals surface area contributed by atoms with E-state index in [1.54, 1.807) is 4.98 Å². The molecule has 0 radical (unpaired) electrons. The fourth-order valence-electron chi connectivity index (χ4n) is 1.95. The minimum absolute atomic E-state index is 0.586. The lowest BCUT2D eigenvalue weighted by Crippen LogP contribution is -2.38. The number of ether oxygens (including phenoxy) is 1. The third kappa shape index (κ3) is 2.69. The molecule has 0 saturated carbocycles. The third-order valence-corrected chi connectivity index (χ3v) is 3.28. The SMILES string of the molecule is C[C@H]1O[C@@H](n2cc(F)c(=O)[nH]c2=O)[C@H](O)[C@@H]1O[P+](=O)O. The van der Waals surface area contributed by atoms with E-state index in [9.17, 15) is 23.7 Å². The number of hydrogen-bond acceptors (Lipinski definition) is 6. The minimum Gasteiger partial charge on any atom is -0.385 e. The van der Waals surface area contributed by atoms with Gasteiger partial charge in [0.25, 0.3) is 5.56 Å². The van der Waals surface area contributed by atoms with Crippen molar-refractivity contribution in [3.8, 4) is 0 Å². The van der Waals surface area contributed by atoms with Crippen molar-refractivity contribution in [2.75, 3.05) is 0 Å². The molecule has 0 aliphatic carbocycles. The van der Waals surface area contributed by atoms with Crippen molar-refractivity contribution in [3.63, 3.8) is 0 Å². The molecule has 1 unspecified atom stereocenters. The number of aromatic amines is 1. The van der Waals surface area contributed by atoms with Gasteiger partial charge in [-0.2, -0.15) is 4.39 Å². The van der Waals surface area contributed by atoms with Gasteiger partial charge in [0.1, 0.15) is 6.10 Å². The van der Waals surface area contributed by atoms with Crippen LogP contribution in [0.25, 0.3) is 0 Å². The molecule has 1 saturated heterocycles. The van der Waals surface area contributed by atoms with E-state index in [-0.39, 0.29) is 0 Å². The monoisotopic (exact) mass is 309 g/mol. The second kappa shape index (κ2) is 5.51. The van der Waals surface area contributed by atoms with Crippen molar-refractivity contribution >= 4 is 8.25 Å². The second-order valence-corrected chi connectivity index (χ2v) is 4.86. The van der Waals surface area contributed by atoms with Crippen LogP contribution < -0.4 is 11.2 Å². The number of aliphatic hydroxyl groups is 1. The van der Waals surface area contributed by atoms with Crippen molar-refractivity contribution in [2.24, 2.45) is 0 Å². The molecule has 11 heteroatoms. The molecule has 9 nitrogen and oxygen atoms in total. The maximum Gasteiger partial charge on any atom is 0.695 e. The highest BCUT2D eigenvalue weighted by atomic mass is 31.1. The van der Waals surface area contributed by atoms with Crippen LogP contribution in [0, 0.1) is 5.82 Å². The number of H-pyrrole nitrogens is 1. The Morgan fingerprint density at radius 2 is 2.20 bits per heavy atom. The highest BCUT2D eigenvalue weighted by Crippen LogP contribution is 2.34. The van der Waals surface area contributed by atoms with Crippen LogP contribution in [-0.4, -0.2) is 37.9 Å². The fourth-order valence-corrected chi connectivity index (χ4v) is 2.45. The fraction of sp³-hybridized carbons (Fsp3) is 0.556. The Balaban J connectivity index is 2.35. The van der Waals surface area contributed by atoms with Gasteiger partial charge in [-0.1, -0.05) is 0 Å². The van der Waals surface area contributed by atoms with Crippen LogP contribution in [0.4, 0.5) is 4.39 Å². The summed E-state index contributed by atoms with van der Waals surface area (Å²) in [6, 6.07) is 0. The molecule has 2 rings (SSSR count). The van der Waals surface area contributed by atoms with E-state index in [0.717, 1.165) is 0 Å². The molecule has 0 bridgehead atoms. The van der Waals surface area contributed by atoms with Gasteiger partial charge in [-0.05, 0) is 6.92 Å². The molecule has 110 valence electrons. The zero-order valence-corrected chi connectivity index (χ0v) is 11.0. The summed E-state index contributed by atoms with van der Waals surface area (Å²) >= 11 is 0. The molecule has 3 N–H and O–H groups in total. The Kier molecular flexibility index (Phi) is 4.11. The third-order valence-electron chi connectivity index (χ3n) is 2.86. The van der Waals surface area contributed by atoms with Crippen molar-refractivity contribution in [3.05, 3.63) is 32.9 Å². The number of aromatic nitrogens is 2. The first-order chi connectivity index (χ1) is 9.31. The van der Waals surface area contributed by atoms with Gasteiger partial charge in [0.05, 0.1) is 12.3 Å². The summed E-state index contributed by atoms with van der Waals surface area (Å²) in [7, 11) is -2.98. The van der Waals surface area contributed by atoms with E-state index >= 15 is 0 Å². The van der Waals surface area contributed by atoms with Crippen LogP contribution in [-0.2, 0) is 13.8 Å². The van der Waals surface area contributed by atoms with Crippen LogP contribution >= 0.6 is 8.25 Å². The Morgan fingerprint density at radius 3 is 2.80 bits per heavy atom. The predicted octanol–water partition coefficient (Wildman–Crippen LogP) is -1.01. The number of rotatable bonds is 3. The Morgan fingerprint density at radius 1 is 1.55 bits per heavy atom. The topological polar surface area (TPSA) is 131 Å². The summed E-state index contributed by atoms with van der Waals surface area (Å²) in [4.78, 5) is 32.9. The van der Waals surface area contributed by atoms with Gasteiger partial charge in [0.15, 0.2) is 12.3 Å². The summed E-state index contributed by atoms with van der Waals surface area (Å²) in [5.41, 5.74) is -2.18. The largest absolute Gasteiger partial charge is 0.695 e. The van der Waals surface area contributed by atoms with E-state index in [0.29, 0.717) is 10.8 Å². The maximum atomic E-state index is 13.2. The quantitative estimate of drug-likeness (QED) is 0.610. The minimum atomic E-state index is -2.98. The van der Waals surface area contributed by atoms with Crippen molar-refractivity contribution in [2.45, 2.75) is 31.5 Å². The van der Waals surface area contributed by atoms with Gasteiger partial charge in [0, 0.05) is 4.57 Å². The predicted molar refractivity (Wildman–Crippen MR) is 61.6 cm³/mol. The first-order valence-electron chi connectivity index (χ1n) is 5.48. The van der Waals surface area contributed by atoms with Crippen molar-refractivity contribution in [1.29, 1.82) is 0 Å². The van der Waals surface area contributed by atoms with Crippen LogP contribution in [0.15, 0.2) is 15.8 Å². The van der Waals surface area contributed by atoms with Gasteiger partial charge >= 0.3 is 13.9 Å². The average Bonchev–Trinajstić information content (AvgIpc) is 2.61. The number of nitrogens with one attached hydrogen (secondary N) is 1. The summed E-state index contributed by atoms with van der Waals surface area (Å²) in [5.74, 6) is -1.23. The van der Waals surface area contributed by atoms with E-state index in [4.69, 9.17) is 9.63 Å². The first-order valence-corrected chi connectivity index (χ1v) is 6.61. The van der Waals surface area contributed by atoms with Crippen LogP contribution in [0.2, 0.25) is 0 Å². The van der Waals surface area contributed by atoms with Gasteiger partial charge in [0.2, 0.25) is 5.82 Å². The van der Waals surface area contributed by atoms with E-state index in [1.807, 2.05) is 0 Å². The molecule has 1 fully saturated rings. The van der Waals surface area contributed by atoms with Crippen molar-refractivity contribution < 1.29 is 28.2 Å². The molecule has 0 spiro atoms. The van der Waals surface area contributed by atoms with Gasteiger partial charge in [-0.3, -0.25) is 14.3 Å². The van der Waals surface area contributed by atoms with Crippen LogP contribution in [0.5, 0.6) is 0 Å². The Labute approximate surface area is 111 Å². The van der Waals surface area contributed by atoms with Crippen LogP contribution in [0.3, 0.4) is 0 Å². The second-order valence-electron chi connectivity index (χ2n) is 4.17. The molecule has 1 aromatic heterocycles. The number of hydrogen-bond donors (Lipinski definition) is 3. The van der Waals surface area contributed by atoms with Crippen LogP contribution in [0.1, 0.15) is 13.2 Å². The molecule has 2 heterocycles. The highest BCUT2D eigenvalue weighted by molar-refractivity contribution is 7.32. The number of halogens is 1. The molecular weight excluding hydrogens is 298 g/mol. The number of nitrogens with zero attached hydrogens (tertiary/aromatic N) is 1. The Bertz CT molecular complexity index is 644. The highest BCUT2D eigenvalue weighted by Gasteiger charge is 2.48. The zero-order chi connectivity index (χ0) is 15.0. The summed E-state index contributed by atoms with van der Waals surface area (Å²) in [6.45, 7) is 1.44.